The Hall–Kier alpha value is -8.55. The Morgan fingerprint density at radius 3 is 1.71 bits per heavy atom. The van der Waals surface area contributed by atoms with Crippen LogP contribution in [-0.2, 0) is 0 Å². The third-order valence-electron chi connectivity index (χ3n) is 12.1. The molecule has 12 aromatic rings. The van der Waals surface area contributed by atoms with E-state index in [2.05, 4.69) is 219 Å². The minimum Gasteiger partial charge on any atom is -0.310 e. The Morgan fingerprint density at radius 2 is 1.03 bits per heavy atom. The zero-order valence-electron chi connectivity index (χ0n) is 34.4. The number of anilines is 3. The molecule has 0 fully saturated rings. The van der Waals surface area contributed by atoms with E-state index in [0.717, 1.165) is 106 Å². The van der Waals surface area contributed by atoms with Crippen molar-refractivity contribution in [1.29, 1.82) is 0 Å². The number of hydrogen-bond acceptors (Lipinski definition) is 4. The van der Waals surface area contributed by atoms with E-state index in [0.29, 0.717) is 0 Å². The van der Waals surface area contributed by atoms with Crippen LogP contribution in [-0.4, -0.2) is 28.7 Å². The number of fused-ring (bicyclic) bond motifs is 6. The van der Waals surface area contributed by atoms with Crippen LogP contribution in [0.25, 0.3) is 83.3 Å². The molecule has 5 heterocycles. The fourth-order valence-electron chi connectivity index (χ4n) is 9.36. The molecule has 0 N–H and O–H groups in total. The van der Waals surface area contributed by atoms with Crippen LogP contribution >= 0.6 is 0 Å². The fourth-order valence-corrected chi connectivity index (χ4v) is 9.36. The van der Waals surface area contributed by atoms with Gasteiger partial charge in [-0.2, -0.15) is 0 Å². The molecule has 63 heavy (non-hydrogen) atoms. The molecule has 0 saturated heterocycles. The second-order valence-corrected chi connectivity index (χ2v) is 15.9. The summed E-state index contributed by atoms with van der Waals surface area (Å²) in [7, 11) is 0. The van der Waals surface area contributed by atoms with Crippen molar-refractivity contribution in [3.05, 3.63) is 225 Å². The van der Waals surface area contributed by atoms with Crippen molar-refractivity contribution in [1.82, 2.24) is 28.7 Å². The number of nitrogens with zero attached hydrogens (tertiary/aromatic N) is 7. The SMILES string of the molecule is Cc1ccnc(-n2c3cnccc3c3ccc(N(c4ccccc4)c4ccc5c6ccccc6n(-c6nccn6-c6c(-c7ccccc7)cccc6-c6ccccc6)c5c4)cc32)c1. The number of aromatic nitrogens is 6. The van der Waals surface area contributed by atoms with Crippen molar-refractivity contribution in [3.8, 4) is 39.7 Å². The topological polar surface area (TPSA) is 56.7 Å². The van der Waals surface area contributed by atoms with Gasteiger partial charge in [-0.05, 0) is 84.3 Å². The van der Waals surface area contributed by atoms with E-state index in [1.165, 1.54) is 0 Å². The van der Waals surface area contributed by atoms with Gasteiger partial charge in [-0.1, -0.05) is 127 Å². The maximum Gasteiger partial charge on any atom is 0.219 e. The molecular formula is C56H39N7. The number of rotatable bonds is 8. The summed E-state index contributed by atoms with van der Waals surface area (Å²) in [6.45, 7) is 2.10. The summed E-state index contributed by atoms with van der Waals surface area (Å²) in [5.74, 6) is 1.66. The van der Waals surface area contributed by atoms with E-state index in [4.69, 9.17) is 9.97 Å². The zero-order valence-corrected chi connectivity index (χ0v) is 34.4. The van der Waals surface area contributed by atoms with Crippen molar-refractivity contribution in [3.63, 3.8) is 0 Å². The molecule has 0 aliphatic carbocycles. The lowest BCUT2D eigenvalue weighted by Crippen LogP contribution is -2.11. The molecule has 298 valence electrons. The Morgan fingerprint density at radius 1 is 0.429 bits per heavy atom. The number of aryl methyl sites for hydroxylation is 1. The number of hydrogen-bond donors (Lipinski definition) is 0. The molecule has 0 amide bonds. The van der Waals surface area contributed by atoms with Crippen molar-refractivity contribution in [2.45, 2.75) is 6.92 Å². The van der Waals surface area contributed by atoms with E-state index < -0.39 is 0 Å². The molecule has 0 unspecified atom stereocenters. The number of imidazole rings is 1. The van der Waals surface area contributed by atoms with Crippen molar-refractivity contribution < 1.29 is 0 Å². The van der Waals surface area contributed by atoms with Gasteiger partial charge in [0, 0.05) is 74.5 Å². The van der Waals surface area contributed by atoms with Gasteiger partial charge in [0.05, 0.1) is 34.0 Å². The molecule has 0 atom stereocenters. The second-order valence-electron chi connectivity index (χ2n) is 15.9. The molecule has 0 spiro atoms. The van der Waals surface area contributed by atoms with Gasteiger partial charge in [-0.25, -0.2) is 9.97 Å². The van der Waals surface area contributed by atoms with Crippen LogP contribution in [0, 0.1) is 6.92 Å². The highest BCUT2D eigenvalue weighted by Crippen LogP contribution is 2.43. The summed E-state index contributed by atoms with van der Waals surface area (Å²) in [5, 5.41) is 4.57. The first-order valence-corrected chi connectivity index (χ1v) is 21.2. The number of para-hydroxylation sites is 3. The first-order chi connectivity index (χ1) is 31.2. The molecule has 0 aliphatic heterocycles. The Bertz CT molecular complexity index is 3580. The van der Waals surface area contributed by atoms with E-state index in [1.807, 2.05) is 30.9 Å². The minimum atomic E-state index is 0.801. The van der Waals surface area contributed by atoms with E-state index in [9.17, 15) is 0 Å². The Labute approximate surface area is 364 Å². The van der Waals surface area contributed by atoms with E-state index in [1.54, 1.807) is 0 Å². The highest BCUT2D eigenvalue weighted by atomic mass is 15.2. The maximum atomic E-state index is 5.19. The third kappa shape index (κ3) is 6.01. The van der Waals surface area contributed by atoms with Gasteiger partial charge in [0.25, 0.3) is 0 Å². The van der Waals surface area contributed by atoms with Gasteiger partial charge >= 0.3 is 0 Å². The second kappa shape index (κ2) is 14.9. The van der Waals surface area contributed by atoms with Gasteiger partial charge in [0.2, 0.25) is 5.95 Å². The summed E-state index contributed by atoms with van der Waals surface area (Å²) in [6, 6.07) is 66.9. The smallest absolute Gasteiger partial charge is 0.219 e. The van der Waals surface area contributed by atoms with E-state index >= 15 is 0 Å². The normalized spacial score (nSPS) is 11.6. The van der Waals surface area contributed by atoms with E-state index in [-0.39, 0.29) is 0 Å². The van der Waals surface area contributed by atoms with Gasteiger partial charge in [-0.3, -0.25) is 18.7 Å². The molecular weight excluding hydrogens is 771 g/mol. The van der Waals surface area contributed by atoms with Gasteiger partial charge in [0.15, 0.2) is 0 Å². The van der Waals surface area contributed by atoms with Crippen LogP contribution in [0.2, 0.25) is 0 Å². The molecule has 7 aromatic carbocycles. The van der Waals surface area contributed by atoms with Crippen LogP contribution in [0.4, 0.5) is 17.1 Å². The van der Waals surface area contributed by atoms with Crippen molar-refractivity contribution in [2.24, 2.45) is 0 Å². The van der Waals surface area contributed by atoms with Gasteiger partial charge < -0.3 is 4.90 Å². The lowest BCUT2D eigenvalue weighted by molar-refractivity contribution is 0.940. The predicted octanol–water partition coefficient (Wildman–Crippen LogP) is 14.0. The van der Waals surface area contributed by atoms with Crippen LogP contribution < -0.4 is 4.90 Å². The van der Waals surface area contributed by atoms with Crippen LogP contribution in [0.5, 0.6) is 0 Å². The van der Waals surface area contributed by atoms with Crippen molar-refractivity contribution >= 4 is 60.7 Å². The third-order valence-corrected chi connectivity index (χ3v) is 12.1. The lowest BCUT2D eigenvalue weighted by Gasteiger charge is -2.26. The summed E-state index contributed by atoms with van der Waals surface area (Å²) < 4.78 is 6.82. The van der Waals surface area contributed by atoms with Gasteiger partial charge in [-0.15, -0.1) is 0 Å². The molecule has 0 aliphatic rings. The first-order valence-electron chi connectivity index (χ1n) is 21.2. The zero-order chi connectivity index (χ0) is 41.9. The highest BCUT2D eigenvalue weighted by molar-refractivity contribution is 6.12. The predicted molar refractivity (Wildman–Crippen MR) is 258 cm³/mol. The molecule has 0 saturated carbocycles. The first kappa shape index (κ1) is 36.3. The summed E-state index contributed by atoms with van der Waals surface area (Å²) in [5.41, 5.74) is 14.0. The molecule has 12 rings (SSSR count). The Kier molecular flexibility index (Phi) is 8.57. The summed E-state index contributed by atoms with van der Waals surface area (Å²) in [4.78, 5) is 16.9. The molecule has 7 nitrogen and oxygen atoms in total. The molecule has 7 heteroatoms. The van der Waals surface area contributed by atoms with Crippen LogP contribution in [0.3, 0.4) is 0 Å². The standard InChI is InChI=1S/C56H39N7/c1-38-28-31-58-54(34-38)62-51-35-42(25-27-48(51)49-29-30-57-37-53(49)62)61(41-18-9-4-10-19-41)43-24-26-47-46-20-11-12-23-50(46)63(52(47)36-43)56-59-32-33-60(56)55-44(39-14-5-2-6-15-39)21-13-22-45(55)40-16-7-3-8-17-40/h2-37H,1H3. The molecule has 5 aromatic heterocycles. The average molecular weight is 810 g/mol. The van der Waals surface area contributed by atoms with Crippen LogP contribution in [0.1, 0.15) is 5.56 Å². The number of pyridine rings is 2. The lowest BCUT2D eigenvalue weighted by atomic mass is 9.96. The molecule has 0 radical (unpaired) electrons. The number of benzene rings is 7. The average Bonchev–Trinajstić information content (AvgIpc) is 4.04. The maximum absolute atomic E-state index is 5.19. The van der Waals surface area contributed by atoms with Crippen molar-refractivity contribution in [2.75, 3.05) is 4.90 Å². The summed E-state index contributed by atoms with van der Waals surface area (Å²) >= 11 is 0. The van der Waals surface area contributed by atoms with Gasteiger partial charge in [0.1, 0.15) is 5.82 Å². The Balaban J connectivity index is 1.10. The largest absolute Gasteiger partial charge is 0.310 e. The molecule has 0 bridgehead atoms. The fraction of sp³-hybridized carbons (Fsp3) is 0.0179. The minimum absolute atomic E-state index is 0.801. The summed E-state index contributed by atoms with van der Waals surface area (Å²) in [6.07, 6.45) is 9.69. The van der Waals surface area contributed by atoms with Crippen LogP contribution in [0.15, 0.2) is 219 Å². The highest BCUT2D eigenvalue weighted by Gasteiger charge is 2.23. The quantitative estimate of drug-likeness (QED) is 0.153. The monoisotopic (exact) mass is 809 g/mol.